The second-order valence-corrected chi connectivity index (χ2v) is 6.22. The van der Waals surface area contributed by atoms with E-state index >= 15 is 0 Å². The van der Waals surface area contributed by atoms with Crippen molar-refractivity contribution in [3.63, 3.8) is 0 Å². The standard InChI is InChI=1S/C19H13F3N4O2/c20-19(21,22)11-5-6-15(23-8-11)16-7-12(24-10-25-16)9-26-17(27)13-3-1-2-4-14(13)18(26)28/h1-8,10,17,27H,9H2. The fraction of sp³-hybridized carbons (Fsp3) is 0.158. The highest BCUT2D eigenvalue weighted by molar-refractivity contribution is 5.98. The molecule has 4 rings (SSSR count). The number of hydrogen-bond acceptors (Lipinski definition) is 5. The number of fused-ring (bicyclic) bond motifs is 1. The van der Waals surface area contributed by atoms with Gasteiger partial charge >= 0.3 is 6.18 Å². The zero-order chi connectivity index (χ0) is 19.9. The Morgan fingerprint density at radius 3 is 2.50 bits per heavy atom. The molecular formula is C19H13F3N4O2. The van der Waals surface area contributed by atoms with Crippen LogP contribution in [-0.4, -0.2) is 30.9 Å². The maximum Gasteiger partial charge on any atom is 0.417 e. The van der Waals surface area contributed by atoms with Crippen molar-refractivity contribution in [1.29, 1.82) is 0 Å². The summed E-state index contributed by atoms with van der Waals surface area (Å²) in [6.45, 7) is 0.0187. The van der Waals surface area contributed by atoms with Crippen LogP contribution in [0, 0.1) is 0 Å². The molecule has 0 saturated heterocycles. The number of pyridine rings is 1. The molecule has 28 heavy (non-hydrogen) atoms. The second-order valence-electron chi connectivity index (χ2n) is 6.22. The number of aromatic nitrogens is 3. The zero-order valence-corrected chi connectivity index (χ0v) is 14.3. The van der Waals surface area contributed by atoms with Gasteiger partial charge in [-0.1, -0.05) is 18.2 Å². The molecule has 1 aliphatic rings. The Labute approximate surface area is 157 Å². The van der Waals surface area contributed by atoms with Gasteiger partial charge in [0.15, 0.2) is 6.23 Å². The first-order valence-electron chi connectivity index (χ1n) is 8.27. The van der Waals surface area contributed by atoms with E-state index in [0.717, 1.165) is 12.3 Å². The van der Waals surface area contributed by atoms with Gasteiger partial charge in [0, 0.05) is 17.3 Å². The number of carbonyl (C=O) groups is 1. The summed E-state index contributed by atoms with van der Waals surface area (Å²) in [6.07, 6.45) is -3.58. The van der Waals surface area contributed by atoms with E-state index in [1.165, 1.54) is 23.4 Å². The topological polar surface area (TPSA) is 79.2 Å². The molecule has 3 aromatic rings. The van der Waals surface area contributed by atoms with Crippen LogP contribution in [0.25, 0.3) is 11.4 Å². The number of halogens is 3. The number of rotatable bonds is 3. The van der Waals surface area contributed by atoms with E-state index < -0.39 is 18.0 Å². The van der Waals surface area contributed by atoms with Gasteiger partial charge < -0.3 is 10.0 Å². The predicted molar refractivity (Wildman–Crippen MR) is 91.5 cm³/mol. The minimum Gasteiger partial charge on any atom is -0.369 e. The first-order chi connectivity index (χ1) is 13.3. The lowest BCUT2D eigenvalue weighted by Crippen LogP contribution is -2.27. The Hall–Kier alpha value is -3.33. The van der Waals surface area contributed by atoms with Crippen molar-refractivity contribution in [2.24, 2.45) is 0 Å². The van der Waals surface area contributed by atoms with Crippen LogP contribution < -0.4 is 0 Å². The largest absolute Gasteiger partial charge is 0.417 e. The highest BCUT2D eigenvalue weighted by Crippen LogP contribution is 2.33. The summed E-state index contributed by atoms with van der Waals surface area (Å²) in [5.41, 5.74) is 1.08. The fourth-order valence-electron chi connectivity index (χ4n) is 3.02. The molecular weight excluding hydrogens is 373 g/mol. The number of nitrogens with zero attached hydrogens (tertiary/aromatic N) is 4. The molecule has 0 aliphatic carbocycles. The molecule has 1 N–H and O–H groups in total. The van der Waals surface area contributed by atoms with Crippen molar-refractivity contribution < 1.29 is 23.1 Å². The van der Waals surface area contributed by atoms with Gasteiger partial charge in [0.1, 0.15) is 6.33 Å². The van der Waals surface area contributed by atoms with Crippen LogP contribution in [-0.2, 0) is 12.7 Å². The van der Waals surface area contributed by atoms with Crippen molar-refractivity contribution in [2.45, 2.75) is 18.9 Å². The van der Waals surface area contributed by atoms with E-state index in [4.69, 9.17) is 0 Å². The van der Waals surface area contributed by atoms with E-state index in [9.17, 15) is 23.1 Å². The van der Waals surface area contributed by atoms with Crippen molar-refractivity contribution in [3.8, 4) is 11.4 Å². The SMILES string of the molecule is O=C1c2ccccc2C(O)N1Cc1cc(-c2ccc(C(F)(F)F)cn2)ncn1. The third kappa shape index (κ3) is 3.20. The molecule has 1 aliphatic heterocycles. The maximum atomic E-state index is 12.7. The third-order valence-corrected chi connectivity index (χ3v) is 4.43. The van der Waals surface area contributed by atoms with Gasteiger partial charge in [0.25, 0.3) is 5.91 Å². The lowest BCUT2D eigenvalue weighted by Gasteiger charge is -2.20. The molecule has 142 valence electrons. The number of benzene rings is 1. The smallest absolute Gasteiger partial charge is 0.369 e. The minimum atomic E-state index is -4.47. The van der Waals surface area contributed by atoms with Crippen molar-refractivity contribution in [3.05, 3.63) is 77.4 Å². The van der Waals surface area contributed by atoms with Crippen LogP contribution in [0.3, 0.4) is 0 Å². The van der Waals surface area contributed by atoms with Crippen LogP contribution in [0.15, 0.2) is 55.0 Å². The zero-order valence-electron chi connectivity index (χ0n) is 14.3. The van der Waals surface area contributed by atoms with E-state index in [1.807, 2.05) is 0 Å². The minimum absolute atomic E-state index is 0.0187. The molecule has 2 aromatic heterocycles. The number of carbonyl (C=O) groups excluding carboxylic acids is 1. The van der Waals surface area contributed by atoms with Gasteiger partial charge in [-0.25, -0.2) is 9.97 Å². The van der Waals surface area contributed by atoms with E-state index in [-0.39, 0.29) is 18.1 Å². The molecule has 1 unspecified atom stereocenters. The molecule has 1 aromatic carbocycles. The highest BCUT2D eigenvalue weighted by Gasteiger charge is 2.35. The maximum absolute atomic E-state index is 12.7. The summed E-state index contributed by atoms with van der Waals surface area (Å²) in [5.74, 6) is -0.323. The number of hydrogen-bond donors (Lipinski definition) is 1. The quantitative estimate of drug-likeness (QED) is 0.748. The first-order valence-corrected chi connectivity index (χ1v) is 8.27. The lowest BCUT2D eigenvalue weighted by atomic mass is 10.1. The molecule has 0 spiro atoms. The van der Waals surface area contributed by atoms with Crippen LogP contribution in [0.1, 0.15) is 33.4 Å². The molecule has 1 amide bonds. The van der Waals surface area contributed by atoms with Crippen LogP contribution >= 0.6 is 0 Å². The van der Waals surface area contributed by atoms with Crippen LogP contribution in [0.2, 0.25) is 0 Å². The van der Waals surface area contributed by atoms with E-state index in [2.05, 4.69) is 15.0 Å². The molecule has 0 radical (unpaired) electrons. The van der Waals surface area contributed by atoms with Gasteiger partial charge in [0.2, 0.25) is 0 Å². The van der Waals surface area contributed by atoms with Gasteiger partial charge in [-0.2, -0.15) is 13.2 Å². The molecule has 1 atom stereocenters. The fourth-order valence-corrected chi connectivity index (χ4v) is 3.02. The Morgan fingerprint density at radius 1 is 1.04 bits per heavy atom. The molecule has 9 heteroatoms. The van der Waals surface area contributed by atoms with Crippen molar-refractivity contribution in [2.75, 3.05) is 0 Å². The summed E-state index contributed by atoms with van der Waals surface area (Å²) < 4.78 is 38.0. The number of aliphatic hydroxyl groups is 1. The molecule has 3 heterocycles. The van der Waals surface area contributed by atoms with Crippen LogP contribution in [0.4, 0.5) is 13.2 Å². The summed E-state index contributed by atoms with van der Waals surface area (Å²) in [4.78, 5) is 25.7. The number of alkyl halides is 3. The van der Waals surface area contributed by atoms with Gasteiger partial charge in [-0.3, -0.25) is 9.78 Å². The second kappa shape index (κ2) is 6.68. The predicted octanol–water partition coefficient (Wildman–Crippen LogP) is 3.20. The normalized spacial score (nSPS) is 16.4. The van der Waals surface area contributed by atoms with Crippen molar-refractivity contribution >= 4 is 5.91 Å². The Balaban J connectivity index is 1.58. The Kier molecular flexibility index (Phi) is 4.31. The summed E-state index contributed by atoms with van der Waals surface area (Å²) in [5, 5.41) is 10.4. The van der Waals surface area contributed by atoms with E-state index in [0.29, 0.717) is 22.5 Å². The van der Waals surface area contributed by atoms with Gasteiger partial charge in [0.05, 0.1) is 29.2 Å². The Morgan fingerprint density at radius 2 is 1.82 bits per heavy atom. The van der Waals surface area contributed by atoms with Gasteiger partial charge in [-0.15, -0.1) is 0 Å². The summed E-state index contributed by atoms with van der Waals surface area (Å²) >= 11 is 0. The average Bonchev–Trinajstić information content (AvgIpc) is 2.93. The first kappa shape index (κ1) is 18.1. The monoisotopic (exact) mass is 386 g/mol. The molecule has 0 saturated carbocycles. The lowest BCUT2D eigenvalue weighted by molar-refractivity contribution is -0.137. The van der Waals surface area contributed by atoms with E-state index in [1.54, 1.807) is 24.3 Å². The molecule has 0 fully saturated rings. The summed E-state index contributed by atoms with van der Waals surface area (Å²) in [6, 6.07) is 10.4. The molecule has 6 nitrogen and oxygen atoms in total. The number of amides is 1. The average molecular weight is 386 g/mol. The van der Waals surface area contributed by atoms with Crippen LogP contribution in [0.5, 0.6) is 0 Å². The Bertz CT molecular complexity index is 1040. The molecule has 0 bridgehead atoms. The van der Waals surface area contributed by atoms with Crippen molar-refractivity contribution in [1.82, 2.24) is 19.9 Å². The highest BCUT2D eigenvalue weighted by atomic mass is 19.4. The third-order valence-electron chi connectivity index (χ3n) is 4.43. The number of aliphatic hydroxyl groups excluding tert-OH is 1. The van der Waals surface area contributed by atoms with Gasteiger partial charge in [-0.05, 0) is 24.3 Å². The summed E-state index contributed by atoms with van der Waals surface area (Å²) in [7, 11) is 0.